The first-order chi connectivity index (χ1) is 28.7. The van der Waals surface area contributed by atoms with Crippen LogP contribution in [0.2, 0.25) is 0 Å². The van der Waals surface area contributed by atoms with Crippen molar-refractivity contribution in [1.29, 1.82) is 0 Å². The lowest BCUT2D eigenvalue weighted by Crippen LogP contribution is -1.88. The van der Waals surface area contributed by atoms with Crippen LogP contribution in [0.3, 0.4) is 0 Å². The Labute approximate surface area is 343 Å². The summed E-state index contributed by atoms with van der Waals surface area (Å²) in [7, 11) is 0. The molecule has 12 rings (SSSR count). The number of hydrogen-bond acceptors (Lipinski definition) is 3. The molecule has 0 radical (unpaired) electrons. The lowest BCUT2D eigenvalue weighted by Gasteiger charge is -2.14. The maximum Gasteiger partial charge on any atom is 0.124 e. The van der Waals surface area contributed by atoms with Gasteiger partial charge >= 0.3 is 0 Å². The van der Waals surface area contributed by atoms with Crippen LogP contribution in [0.4, 0.5) is 0 Å². The van der Waals surface area contributed by atoms with E-state index in [-0.39, 0.29) is 0 Å². The number of hydrogen-bond donors (Lipinski definition) is 0. The van der Waals surface area contributed by atoms with Gasteiger partial charge in [-0.15, -0.1) is 22.7 Å². The van der Waals surface area contributed by atoms with Crippen molar-refractivity contribution in [3.8, 4) is 55.1 Å². The molecule has 270 valence electrons. The van der Waals surface area contributed by atoms with E-state index in [0.717, 1.165) is 16.1 Å². The van der Waals surface area contributed by atoms with E-state index in [1.54, 1.807) is 11.3 Å². The highest BCUT2D eigenvalue weighted by Crippen LogP contribution is 2.43. The number of thiazole rings is 1. The van der Waals surface area contributed by atoms with Crippen molar-refractivity contribution in [3.05, 3.63) is 200 Å². The Kier molecular flexibility index (Phi) is 7.65. The van der Waals surface area contributed by atoms with Crippen LogP contribution < -0.4 is 0 Å². The van der Waals surface area contributed by atoms with E-state index in [4.69, 9.17) is 4.98 Å². The summed E-state index contributed by atoms with van der Waals surface area (Å²) in [6.45, 7) is 0. The van der Waals surface area contributed by atoms with E-state index in [2.05, 4.69) is 200 Å². The highest BCUT2D eigenvalue weighted by Gasteiger charge is 2.15. The van der Waals surface area contributed by atoms with Crippen molar-refractivity contribution in [1.82, 2.24) is 4.98 Å². The molecule has 3 heteroatoms. The summed E-state index contributed by atoms with van der Waals surface area (Å²) in [5.41, 5.74) is 11.8. The highest BCUT2D eigenvalue weighted by atomic mass is 32.1. The number of aromatic nitrogens is 1. The fraction of sp³-hybridized carbons (Fsp3) is 0. The molecule has 0 aliphatic rings. The molecule has 0 saturated carbocycles. The molecule has 0 unspecified atom stereocenters. The number of benzene rings is 10. The molecule has 10 aromatic carbocycles. The molecule has 0 aliphatic heterocycles. The minimum Gasteiger partial charge on any atom is -0.236 e. The first-order valence-corrected chi connectivity index (χ1v) is 21.3. The second kappa shape index (κ2) is 13.3. The molecule has 2 heterocycles. The minimum atomic E-state index is 1.04. The Morgan fingerprint density at radius 2 is 0.776 bits per heavy atom. The average Bonchev–Trinajstić information content (AvgIpc) is 3.91. The molecule has 0 spiro atoms. The van der Waals surface area contributed by atoms with Crippen molar-refractivity contribution in [2.75, 3.05) is 0 Å². The van der Waals surface area contributed by atoms with Crippen molar-refractivity contribution < 1.29 is 0 Å². The van der Waals surface area contributed by atoms with Gasteiger partial charge in [0.05, 0.1) is 10.2 Å². The Hall–Kier alpha value is -6.91. The predicted octanol–water partition coefficient (Wildman–Crippen LogP) is 16.5. The van der Waals surface area contributed by atoms with Crippen molar-refractivity contribution in [3.63, 3.8) is 0 Å². The van der Waals surface area contributed by atoms with E-state index in [0.29, 0.717) is 0 Å². The SMILES string of the molecule is c1cc(-c2cc(-c3ccc(-c4ccc5c6ccccc6c6ccccc6c5c4)cc3)cc(-c3cccc4c3sc3ccccc34)c2)cc(-c2nc3ccccc3s2)c1. The molecule has 0 N–H and O–H groups in total. The first-order valence-electron chi connectivity index (χ1n) is 19.7. The molecule has 12 aromatic rings. The fourth-order valence-electron chi connectivity index (χ4n) is 8.86. The third-order valence-corrected chi connectivity index (χ3v) is 14.0. The third kappa shape index (κ3) is 5.47. The summed E-state index contributed by atoms with van der Waals surface area (Å²) in [4.78, 5) is 5.00. The molecular weight excluding hydrogens is 739 g/mol. The lowest BCUT2D eigenvalue weighted by molar-refractivity contribution is 1.47. The van der Waals surface area contributed by atoms with Gasteiger partial charge in [-0.3, -0.25) is 0 Å². The maximum absolute atomic E-state index is 5.00. The van der Waals surface area contributed by atoms with Gasteiger partial charge in [0, 0.05) is 25.7 Å². The normalized spacial score (nSPS) is 11.8. The van der Waals surface area contributed by atoms with Crippen molar-refractivity contribution in [2.45, 2.75) is 0 Å². The molecule has 2 aromatic heterocycles. The fourth-order valence-corrected chi connectivity index (χ4v) is 11.1. The van der Waals surface area contributed by atoms with Gasteiger partial charge in [-0.2, -0.15) is 0 Å². The molecule has 0 aliphatic carbocycles. The average molecular weight is 772 g/mol. The summed E-state index contributed by atoms with van der Waals surface area (Å²) in [5, 5.41) is 11.4. The number of rotatable bonds is 5. The maximum atomic E-state index is 5.00. The van der Waals surface area contributed by atoms with Gasteiger partial charge in [0.2, 0.25) is 0 Å². The molecule has 0 atom stereocenters. The van der Waals surface area contributed by atoms with Gasteiger partial charge in [-0.1, -0.05) is 152 Å². The Bertz CT molecular complexity index is 3500. The second-order valence-electron chi connectivity index (χ2n) is 15.1. The van der Waals surface area contributed by atoms with Crippen LogP contribution >= 0.6 is 22.7 Å². The van der Waals surface area contributed by atoms with E-state index in [1.807, 2.05) is 11.3 Å². The Morgan fingerprint density at radius 3 is 1.52 bits per heavy atom. The number of thiophene rings is 1. The number of para-hydroxylation sites is 1. The van der Waals surface area contributed by atoms with Crippen LogP contribution in [-0.4, -0.2) is 4.98 Å². The standard InChI is InChI=1S/C55H33NS2/c1-2-15-45-43(13-1)44-14-3-4-16-46(44)50-33-37(27-28-47(45)50)34-23-25-35(26-24-34)39-30-40(36-11-9-12-38(29-36)55-56-51-20-6-8-22-53(51)58-55)32-41(31-39)42-18-10-19-49-48-17-5-7-21-52(48)57-54(42)49/h1-33H. The van der Waals surface area contributed by atoms with Gasteiger partial charge in [-0.25, -0.2) is 4.98 Å². The smallest absolute Gasteiger partial charge is 0.124 e. The molecule has 0 fully saturated rings. The van der Waals surface area contributed by atoms with Gasteiger partial charge in [-0.05, 0) is 125 Å². The Balaban J connectivity index is 0.995. The van der Waals surface area contributed by atoms with Gasteiger partial charge in [0.25, 0.3) is 0 Å². The first kappa shape index (κ1) is 33.3. The second-order valence-corrected chi connectivity index (χ2v) is 17.2. The molecule has 0 bridgehead atoms. The van der Waals surface area contributed by atoms with Gasteiger partial charge in [0.15, 0.2) is 0 Å². The van der Waals surface area contributed by atoms with Crippen LogP contribution in [0.15, 0.2) is 200 Å². The molecule has 1 nitrogen and oxygen atoms in total. The molecule has 58 heavy (non-hydrogen) atoms. The topological polar surface area (TPSA) is 12.9 Å². The van der Waals surface area contributed by atoms with Crippen LogP contribution in [-0.2, 0) is 0 Å². The zero-order valence-corrected chi connectivity index (χ0v) is 32.9. The summed E-state index contributed by atoms with van der Waals surface area (Å²) in [6.07, 6.45) is 0. The largest absolute Gasteiger partial charge is 0.236 e. The summed E-state index contributed by atoms with van der Waals surface area (Å²) in [5.74, 6) is 0. The monoisotopic (exact) mass is 771 g/mol. The minimum absolute atomic E-state index is 1.04. The summed E-state index contributed by atoms with van der Waals surface area (Å²) < 4.78 is 3.84. The van der Waals surface area contributed by atoms with Crippen LogP contribution in [0, 0.1) is 0 Å². The number of nitrogens with zero attached hydrogens (tertiary/aromatic N) is 1. The third-order valence-electron chi connectivity index (χ3n) is 11.7. The lowest BCUT2D eigenvalue weighted by atomic mass is 9.90. The van der Waals surface area contributed by atoms with E-state index in [9.17, 15) is 0 Å². The van der Waals surface area contributed by atoms with E-state index >= 15 is 0 Å². The predicted molar refractivity (Wildman–Crippen MR) is 252 cm³/mol. The van der Waals surface area contributed by atoms with Crippen molar-refractivity contribution in [2.24, 2.45) is 0 Å². The Morgan fingerprint density at radius 1 is 0.276 bits per heavy atom. The molecular formula is C55H33NS2. The van der Waals surface area contributed by atoms with Gasteiger partial charge < -0.3 is 0 Å². The highest BCUT2D eigenvalue weighted by molar-refractivity contribution is 7.26. The number of fused-ring (bicyclic) bond motifs is 10. The van der Waals surface area contributed by atoms with Gasteiger partial charge in [0.1, 0.15) is 5.01 Å². The quantitative estimate of drug-likeness (QED) is 0.159. The van der Waals surface area contributed by atoms with Crippen LogP contribution in [0.5, 0.6) is 0 Å². The van der Waals surface area contributed by atoms with Crippen molar-refractivity contribution >= 4 is 85.4 Å². The molecule has 0 saturated heterocycles. The summed E-state index contributed by atoms with van der Waals surface area (Å²) >= 11 is 3.63. The van der Waals surface area contributed by atoms with Crippen LogP contribution in [0.1, 0.15) is 0 Å². The molecule has 0 amide bonds. The van der Waals surface area contributed by atoms with E-state index in [1.165, 1.54) is 102 Å². The van der Waals surface area contributed by atoms with Crippen LogP contribution in [0.25, 0.3) is 118 Å². The zero-order valence-electron chi connectivity index (χ0n) is 31.3. The summed E-state index contributed by atoms with van der Waals surface area (Å²) in [6, 6.07) is 73.6. The zero-order chi connectivity index (χ0) is 38.2. The van der Waals surface area contributed by atoms with E-state index < -0.39 is 0 Å².